The lowest BCUT2D eigenvalue weighted by Gasteiger charge is -2.05. The number of nitrogens with zero attached hydrogens (tertiary/aromatic N) is 2. The summed E-state index contributed by atoms with van der Waals surface area (Å²) in [5.74, 6) is 0. The molecule has 0 saturated heterocycles. The van der Waals surface area contributed by atoms with Crippen LogP contribution < -0.4 is 0 Å². The average Bonchev–Trinajstić information content (AvgIpc) is 1.85. The van der Waals surface area contributed by atoms with Crippen molar-refractivity contribution in [2.24, 2.45) is 0 Å². The van der Waals surface area contributed by atoms with Crippen LogP contribution in [0, 0.1) is 6.92 Å². The van der Waals surface area contributed by atoms with Crippen LogP contribution in [0.3, 0.4) is 0 Å². The Labute approximate surface area is 70.0 Å². The summed E-state index contributed by atoms with van der Waals surface area (Å²) in [7, 11) is 0. The highest BCUT2D eigenvalue weighted by Crippen LogP contribution is 2.15. The molecule has 1 atom stereocenters. The lowest BCUT2D eigenvalue weighted by Crippen LogP contribution is -2.00. The second kappa shape index (κ2) is 3.15. The van der Waals surface area contributed by atoms with Gasteiger partial charge in [0.1, 0.15) is 0 Å². The lowest BCUT2D eigenvalue weighted by atomic mass is 10.2. The van der Waals surface area contributed by atoms with E-state index in [0.717, 1.165) is 5.56 Å². The molecule has 0 spiro atoms. The van der Waals surface area contributed by atoms with Gasteiger partial charge >= 0.3 is 0 Å². The molecule has 11 heavy (non-hydrogen) atoms. The fourth-order valence-corrected chi connectivity index (χ4v) is 1.08. The molecule has 0 saturated carbocycles. The molecule has 0 aliphatic carbocycles. The Morgan fingerprint density at radius 1 is 1.55 bits per heavy atom. The molecule has 3 nitrogen and oxygen atoms in total. The van der Waals surface area contributed by atoms with Crippen LogP contribution in [0.1, 0.15) is 24.3 Å². The van der Waals surface area contributed by atoms with Gasteiger partial charge in [0.05, 0.1) is 11.8 Å². The van der Waals surface area contributed by atoms with Crippen LogP contribution >= 0.6 is 11.6 Å². The first-order chi connectivity index (χ1) is 5.11. The minimum atomic E-state index is -0.584. The highest BCUT2D eigenvalue weighted by atomic mass is 35.5. The van der Waals surface area contributed by atoms with Crippen molar-refractivity contribution in [2.75, 3.05) is 0 Å². The zero-order valence-electron chi connectivity index (χ0n) is 6.37. The molecule has 0 aromatic carbocycles. The number of aryl methyl sites for hydroxylation is 1. The summed E-state index contributed by atoms with van der Waals surface area (Å²) >= 11 is 5.57. The van der Waals surface area contributed by atoms with E-state index in [1.54, 1.807) is 13.0 Å². The predicted molar refractivity (Wildman–Crippen MR) is 42.4 cm³/mol. The van der Waals surface area contributed by atoms with Crippen molar-refractivity contribution >= 4 is 11.6 Å². The van der Waals surface area contributed by atoms with Gasteiger partial charge in [0.25, 0.3) is 0 Å². The van der Waals surface area contributed by atoms with Crippen LogP contribution in [0.25, 0.3) is 0 Å². The summed E-state index contributed by atoms with van der Waals surface area (Å²) < 4.78 is 0. The minimum Gasteiger partial charge on any atom is -0.387 e. The van der Waals surface area contributed by atoms with Gasteiger partial charge in [-0.2, -0.15) is 5.10 Å². The molecule has 0 bridgehead atoms. The van der Waals surface area contributed by atoms with E-state index in [4.69, 9.17) is 16.7 Å². The Kier molecular flexibility index (Phi) is 2.42. The Bertz CT molecular complexity index is 263. The van der Waals surface area contributed by atoms with Crippen molar-refractivity contribution < 1.29 is 5.11 Å². The Balaban J connectivity index is 3.09. The first-order valence-corrected chi connectivity index (χ1v) is 3.67. The molecule has 1 rings (SSSR count). The van der Waals surface area contributed by atoms with Gasteiger partial charge in [-0.3, -0.25) is 0 Å². The number of aromatic nitrogens is 2. The van der Waals surface area contributed by atoms with Crippen LogP contribution in [0.15, 0.2) is 6.07 Å². The third kappa shape index (κ3) is 1.88. The zero-order chi connectivity index (χ0) is 8.43. The Hall–Kier alpha value is -0.670. The molecule has 0 aliphatic heterocycles. The van der Waals surface area contributed by atoms with Crippen molar-refractivity contribution in [3.63, 3.8) is 0 Å². The van der Waals surface area contributed by atoms with Gasteiger partial charge in [-0.05, 0) is 25.5 Å². The molecule has 0 radical (unpaired) electrons. The number of aliphatic hydroxyl groups excluding tert-OH is 1. The van der Waals surface area contributed by atoms with Crippen LogP contribution in [0.2, 0.25) is 5.15 Å². The zero-order valence-corrected chi connectivity index (χ0v) is 7.13. The van der Waals surface area contributed by atoms with E-state index in [1.165, 1.54) is 0 Å². The van der Waals surface area contributed by atoms with E-state index < -0.39 is 6.10 Å². The van der Waals surface area contributed by atoms with Crippen molar-refractivity contribution in [2.45, 2.75) is 20.0 Å². The van der Waals surface area contributed by atoms with Gasteiger partial charge in [0, 0.05) is 0 Å². The monoisotopic (exact) mass is 172 g/mol. The smallest absolute Gasteiger partial charge is 0.151 e. The summed E-state index contributed by atoms with van der Waals surface area (Å²) in [6, 6.07) is 1.68. The van der Waals surface area contributed by atoms with E-state index in [0.29, 0.717) is 10.8 Å². The number of aliphatic hydroxyl groups is 1. The summed E-state index contributed by atoms with van der Waals surface area (Å²) in [6.07, 6.45) is -0.584. The summed E-state index contributed by atoms with van der Waals surface area (Å²) in [6.45, 7) is 3.48. The molecule has 0 aliphatic rings. The number of hydrogen-bond acceptors (Lipinski definition) is 3. The third-order valence-electron chi connectivity index (χ3n) is 1.39. The van der Waals surface area contributed by atoms with E-state index in [-0.39, 0.29) is 0 Å². The quantitative estimate of drug-likeness (QED) is 0.698. The van der Waals surface area contributed by atoms with E-state index in [1.807, 2.05) is 6.92 Å². The van der Waals surface area contributed by atoms with Gasteiger partial charge in [-0.25, -0.2) is 0 Å². The number of hydrogen-bond donors (Lipinski definition) is 1. The van der Waals surface area contributed by atoms with Gasteiger partial charge < -0.3 is 5.11 Å². The highest BCUT2D eigenvalue weighted by molar-refractivity contribution is 6.29. The molecule has 1 aromatic rings. The van der Waals surface area contributed by atoms with Gasteiger partial charge in [-0.1, -0.05) is 11.6 Å². The maximum atomic E-state index is 9.15. The average molecular weight is 173 g/mol. The number of halogens is 1. The van der Waals surface area contributed by atoms with Crippen molar-refractivity contribution in [1.29, 1.82) is 0 Å². The fourth-order valence-electron chi connectivity index (χ4n) is 0.875. The van der Waals surface area contributed by atoms with E-state index in [9.17, 15) is 0 Å². The third-order valence-corrected chi connectivity index (χ3v) is 1.57. The summed E-state index contributed by atoms with van der Waals surface area (Å²) in [5.41, 5.74) is 1.44. The maximum absolute atomic E-state index is 9.15. The minimum absolute atomic E-state index is 0.354. The molecule has 4 heteroatoms. The highest BCUT2D eigenvalue weighted by Gasteiger charge is 2.06. The predicted octanol–water partition coefficient (Wildman–Crippen LogP) is 1.49. The van der Waals surface area contributed by atoms with Crippen LogP contribution in [-0.4, -0.2) is 15.3 Å². The van der Waals surface area contributed by atoms with Gasteiger partial charge in [-0.15, -0.1) is 5.10 Å². The molecule has 1 heterocycles. The number of rotatable bonds is 1. The molecule has 0 amide bonds. The Morgan fingerprint density at radius 3 is 2.64 bits per heavy atom. The lowest BCUT2D eigenvalue weighted by molar-refractivity contribution is 0.192. The van der Waals surface area contributed by atoms with E-state index >= 15 is 0 Å². The summed E-state index contributed by atoms with van der Waals surface area (Å²) in [4.78, 5) is 0. The summed E-state index contributed by atoms with van der Waals surface area (Å²) in [5, 5.41) is 16.9. The topological polar surface area (TPSA) is 46.0 Å². The SMILES string of the molecule is Cc1cc(Cl)nnc1C(C)O. The first-order valence-electron chi connectivity index (χ1n) is 3.29. The van der Waals surface area contributed by atoms with Crippen LogP contribution in [-0.2, 0) is 0 Å². The fraction of sp³-hybridized carbons (Fsp3) is 0.429. The van der Waals surface area contributed by atoms with Crippen LogP contribution in [0.5, 0.6) is 0 Å². The second-order valence-electron chi connectivity index (χ2n) is 2.41. The standard InChI is InChI=1S/C7H9ClN2O/c1-4-3-6(8)9-10-7(4)5(2)11/h3,5,11H,1-2H3. The van der Waals surface area contributed by atoms with Gasteiger partial charge in [0.15, 0.2) is 5.15 Å². The maximum Gasteiger partial charge on any atom is 0.151 e. The van der Waals surface area contributed by atoms with Crippen molar-refractivity contribution in [3.8, 4) is 0 Å². The molecule has 60 valence electrons. The molecule has 0 fully saturated rings. The van der Waals surface area contributed by atoms with E-state index in [2.05, 4.69) is 10.2 Å². The normalized spacial score (nSPS) is 13.1. The van der Waals surface area contributed by atoms with Crippen molar-refractivity contribution in [3.05, 3.63) is 22.5 Å². The van der Waals surface area contributed by atoms with Crippen LogP contribution in [0.4, 0.5) is 0 Å². The second-order valence-corrected chi connectivity index (χ2v) is 2.80. The largest absolute Gasteiger partial charge is 0.387 e. The van der Waals surface area contributed by atoms with Crippen molar-refractivity contribution in [1.82, 2.24) is 10.2 Å². The molecule has 1 unspecified atom stereocenters. The molecular weight excluding hydrogens is 164 g/mol. The van der Waals surface area contributed by atoms with Gasteiger partial charge in [0.2, 0.25) is 0 Å². The molecule has 1 aromatic heterocycles. The molecular formula is C7H9ClN2O. The first kappa shape index (κ1) is 8.43. The Morgan fingerprint density at radius 2 is 2.18 bits per heavy atom. The molecule has 1 N–H and O–H groups in total.